The Hall–Kier alpha value is -1.85. The average molecular weight is 279 g/mol. The van der Waals surface area contributed by atoms with Crippen molar-refractivity contribution in [1.29, 1.82) is 0 Å². The molecule has 6 heteroatoms. The van der Waals surface area contributed by atoms with Gasteiger partial charge in [-0.25, -0.2) is 0 Å². The summed E-state index contributed by atoms with van der Waals surface area (Å²) < 4.78 is 1.69. The molecule has 1 aliphatic heterocycles. The van der Waals surface area contributed by atoms with Crippen LogP contribution in [0, 0.1) is 12.8 Å². The molecule has 1 fully saturated rings. The van der Waals surface area contributed by atoms with Crippen LogP contribution < -0.4 is 0 Å². The van der Waals surface area contributed by atoms with Crippen LogP contribution in [0.5, 0.6) is 0 Å². The first kappa shape index (κ1) is 14.6. The molecule has 2 rings (SSSR count). The summed E-state index contributed by atoms with van der Waals surface area (Å²) in [5.41, 5.74) is 1.51. The Bertz CT molecular complexity index is 510. The molecule has 2 heterocycles. The molecular formula is C14H21N3O3. The maximum atomic E-state index is 12.5. The van der Waals surface area contributed by atoms with Crippen molar-refractivity contribution in [2.24, 2.45) is 13.0 Å². The van der Waals surface area contributed by atoms with Crippen molar-refractivity contribution >= 4 is 11.9 Å². The van der Waals surface area contributed by atoms with Crippen LogP contribution in [0.4, 0.5) is 0 Å². The number of carbonyl (C=O) groups is 2. The van der Waals surface area contributed by atoms with Crippen LogP contribution in [0.2, 0.25) is 0 Å². The lowest BCUT2D eigenvalue weighted by Gasteiger charge is -2.32. The molecule has 0 radical (unpaired) electrons. The molecule has 0 bridgehead atoms. The third-order valence-electron chi connectivity index (χ3n) is 4.04. The first-order valence-corrected chi connectivity index (χ1v) is 6.98. The number of carbonyl (C=O) groups excluding carboxylic acids is 1. The minimum Gasteiger partial charge on any atom is -0.481 e. The van der Waals surface area contributed by atoms with Crippen molar-refractivity contribution in [3.05, 3.63) is 17.5 Å². The second kappa shape index (κ2) is 6.07. The molecule has 0 spiro atoms. The summed E-state index contributed by atoms with van der Waals surface area (Å²) >= 11 is 0. The lowest BCUT2D eigenvalue weighted by Crippen LogP contribution is -2.40. The summed E-state index contributed by atoms with van der Waals surface area (Å²) in [7, 11) is 1.82. The van der Waals surface area contributed by atoms with E-state index in [0.29, 0.717) is 24.4 Å². The van der Waals surface area contributed by atoms with Crippen molar-refractivity contribution in [3.63, 3.8) is 0 Å². The number of likely N-dealkylation sites (tertiary alicyclic amines) is 1. The first-order valence-electron chi connectivity index (χ1n) is 6.98. The summed E-state index contributed by atoms with van der Waals surface area (Å²) in [6.45, 7) is 3.28. The van der Waals surface area contributed by atoms with Crippen LogP contribution in [0.3, 0.4) is 0 Å². The fourth-order valence-electron chi connectivity index (χ4n) is 2.69. The van der Waals surface area contributed by atoms with Crippen molar-refractivity contribution in [3.8, 4) is 0 Å². The van der Waals surface area contributed by atoms with E-state index in [1.807, 2.05) is 18.9 Å². The predicted molar refractivity (Wildman–Crippen MR) is 73.4 cm³/mol. The van der Waals surface area contributed by atoms with Gasteiger partial charge in [-0.05, 0) is 32.1 Å². The Morgan fingerprint density at radius 1 is 1.50 bits per heavy atom. The highest BCUT2D eigenvalue weighted by Crippen LogP contribution is 2.23. The fourth-order valence-corrected chi connectivity index (χ4v) is 2.69. The summed E-state index contributed by atoms with van der Waals surface area (Å²) in [5, 5.41) is 12.8. The standard InChI is InChI=1S/C14H21N3O3/c1-10-12(8-15-16(10)2)14(20)17-7-3-4-11(9-17)5-6-13(18)19/h8,11H,3-7,9H2,1-2H3,(H,18,19). The molecule has 1 aliphatic rings. The van der Waals surface area contributed by atoms with Gasteiger partial charge in [-0.1, -0.05) is 0 Å². The topological polar surface area (TPSA) is 75.4 Å². The maximum Gasteiger partial charge on any atom is 0.303 e. The summed E-state index contributed by atoms with van der Waals surface area (Å²) in [6, 6.07) is 0. The van der Waals surface area contributed by atoms with Gasteiger partial charge in [0.1, 0.15) is 0 Å². The highest BCUT2D eigenvalue weighted by Gasteiger charge is 2.26. The van der Waals surface area contributed by atoms with Gasteiger partial charge in [-0.3, -0.25) is 14.3 Å². The van der Waals surface area contributed by atoms with E-state index in [0.717, 1.165) is 25.1 Å². The normalized spacial score (nSPS) is 19.1. The lowest BCUT2D eigenvalue weighted by molar-refractivity contribution is -0.137. The minimum atomic E-state index is -0.767. The van der Waals surface area contributed by atoms with Gasteiger partial charge in [-0.2, -0.15) is 5.10 Å². The molecule has 1 aromatic heterocycles. The van der Waals surface area contributed by atoms with Gasteiger partial charge in [-0.15, -0.1) is 0 Å². The summed E-state index contributed by atoms with van der Waals surface area (Å²) in [5.74, 6) is -0.465. The molecule has 1 atom stereocenters. The Morgan fingerprint density at radius 2 is 2.25 bits per heavy atom. The van der Waals surface area contributed by atoms with Gasteiger partial charge >= 0.3 is 5.97 Å². The molecule has 1 saturated heterocycles. The number of aliphatic carboxylic acids is 1. The van der Waals surface area contributed by atoms with Crippen LogP contribution in [0.1, 0.15) is 41.7 Å². The van der Waals surface area contributed by atoms with Crippen molar-refractivity contribution < 1.29 is 14.7 Å². The molecule has 1 amide bonds. The maximum absolute atomic E-state index is 12.5. The number of rotatable bonds is 4. The Labute approximate surface area is 118 Å². The number of carboxylic acids is 1. The number of carboxylic acid groups (broad SMARTS) is 1. The zero-order chi connectivity index (χ0) is 14.7. The minimum absolute atomic E-state index is 0.00984. The van der Waals surface area contributed by atoms with Crippen LogP contribution in [0.25, 0.3) is 0 Å². The Morgan fingerprint density at radius 3 is 2.85 bits per heavy atom. The van der Waals surface area contributed by atoms with E-state index in [9.17, 15) is 9.59 Å². The molecule has 20 heavy (non-hydrogen) atoms. The second-order valence-electron chi connectivity index (χ2n) is 5.46. The zero-order valence-corrected chi connectivity index (χ0v) is 12.0. The molecule has 6 nitrogen and oxygen atoms in total. The van der Waals surface area contributed by atoms with Crippen LogP contribution in [0.15, 0.2) is 6.20 Å². The summed E-state index contributed by atoms with van der Waals surface area (Å²) in [4.78, 5) is 24.9. The average Bonchev–Trinajstić information content (AvgIpc) is 2.76. The van der Waals surface area contributed by atoms with Gasteiger partial charge in [0.05, 0.1) is 11.8 Å². The molecule has 0 aliphatic carbocycles. The van der Waals surface area contributed by atoms with Crippen LogP contribution in [-0.2, 0) is 11.8 Å². The van der Waals surface area contributed by atoms with Gasteiger partial charge < -0.3 is 10.0 Å². The van der Waals surface area contributed by atoms with Gasteiger partial charge in [0, 0.05) is 32.3 Å². The van der Waals surface area contributed by atoms with Gasteiger partial charge in [0.25, 0.3) is 5.91 Å². The molecule has 0 aromatic carbocycles. The van der Waals surface area contributed by atoms with Gasteiger partial charge in [0.15, 0.2) is 0 Å². The number of amides is 1. The van der Waals surface area contributed by atoms with Gasteiger partial charge in [0.2, 0.25) is 0 Å². The largest absolute Gasteiger partial charge is 0.481 e. The molecule has 1 unspecified atom stereocenters. The number of hydrogen-bond donors (Lipinski definition) is 1. The van der Waals surface area contributed by atoms with Crippen LogP contribution >= 0.6 is 0 Å². The first-order chi connectivity index (χ1) is 9.49. The molecule has 110 valence electrons. The van der Waals surface area contributed by atoms with E-state index in [4.69, 9.17) is 5.11 Å². The zero-order valence-electron chi connectivity index (χ0n) is 12.0. The fraction of sp³-hybridized carbons (Fsp3) is 0.643. The number of aromatic nitrogens is 2. The van der Waals surface area contributed by atoms with E-state index >= 15 is 0 Å². The smallest absolute Gasteiger partial charge is 0.303 e. The molecule has 1 aromatic rings. The van der Waals surface area contributed by atoms with E-state index in [2.05, 4.69) is 5.10 Å². The van der Waals surface area contributed by atoms with Crippen molar-refractivity contribution in [1.82, 2.24) is 14.7 Å². The molecule has 0 saturated carbocycles. The third-order valence-corrected chi connectivity index (χ3v) is 4.04. The number of aryl methyl sites for hydroxylation is 1. The second-order valence-corrected chi connectivity index (χ2v) is 5.46. The highest BCUT2D eigenvalue weighted by atomic mass is 16.4. The van der Waals surface area contributed by atoms with E-state index in [-0.39, 0.29) is 12.3 Å². The molecule has 1 N–H and O–H groups in total. The number of hydrogen-bond acceptors (Lipinski definition) is 3. The SMILES string of the molecule is Cc1c(C(=O)N2CCCC(CCC(=O)O)C2)cnn1C. The third kappa shape index (κ3) is 3.18. The lowest BCUT2D eigenvalue weighted by atomic mass is 9.93. The van der Waals surface area contributed by atoms with Crippen LogP contribution in [-0.4, -0.2) is 44.8 Å². The predicted octanol–water partition coefficient (Wildman–Crippen LogP) is 1.45. The van der Waals surface area contributed by atoms with Crippen molar-refractivity contribution in [2.75, 3.05) is 13.1 Å². The Kier molecular flexibility index (Phi) is 4.42. The Balaban J connectivity index is 1.99. The number of nitrogens with zero attached hydrogens (tertiary/aromatic N) is 3. The van der Waals surface area contributed by atoms with E-state index in [1.54, 1.807) is 10.9 Å². The highest BCUT2D eigenvalue weighted by molar-refractivity contribution is 5.95. The summed E-state index contributed by atoms with van der Waals surface area (Å²) in [6.07, 6.45) is 4.38. The van der Waals surface area contributed by atoms with E-state index in [1.165, 1.54) is 0 Å². The quantitative estimate of drug-likeness (QED) is 0.905. The number of piperidine rings is 1. The monoisotopic (exact) mass is 279 g/mol. The molecular weight excluding hydrogens is 258 g/mol. The van der Waals surface area contributed by atoms with Crippen molar-refractivity contribution in [2.45, 2.75) is 32.6 Å². The van der Waals surface area contributed by atoms with E-state index < -0.39 is 5.97 Å².